The fraction of sp³-hybridized carbons (Fsp3) is 0.296. The molecule has 182 valence electrons. The van der Waals surface area contributed by atoms with Crippen LogP contribution in [0.5, 0.6) is 11.5 Å². The molecule has 1 aliphatic rings. The van der Waals surface area contributed by atoms with Gasteiger partial charge in [-0.3, -0.25) is 19.8 Å². The van der Waals surface area contributed by atoms with Gasteiger partial charge in [0.25, 0.3) is 11.6 Å². The molecular formula is C27H29N3O5. The quantitative estimate of drug-likeness (QED) is 0.372. The molecule has 0 saturated carbocycles. The Kier molecular flexibility index (Phi) is 7.31. The summed E-state index contributed by atoms with van der Waals surface area (Å²) in [5, 5.41) is 14.0. The number of aryl methyl sites for hydroxylation is 1. The van der Waals surface area contributed by atoms with Crippen molar-refractivity contribution < 1.29 is 19.2 Å². The minimum absolute atomic E-state index is 0.0422. The van der Waals surface area contributed by atoms with Gasteiger partial charge in [-0.15, -0.1) is 0 Å². The van der Waals surface area contributed by atoms with Crippen molar-refractivity contribution in [1.82, 2.24) is 4.90 Å². The van der Waals surface area contributed by atoms with Crippen LogP contribution in [-0.4, -0.2) is 43.0 Å². The number of anilines is 1. The largest absolute Gasteiger partial charge is 0.493 e. The summed E-state index contributed by atoms with van der Waals surface area (Å²) in [4.78, 5) is 25.8. The van der Waals surface area contributed by atoms with Gasteiger partial charge in [0.15, 0.2) is 11.5 Å². The van der Waals surface area contributed by atoms with E-state index in [2.05, 4.69) is 28.4 Å². The molecule has 1 N–H and O–H groups in total. The van der Waals surface area contributed by atoms with Crippen molar-refractivity contribution >= 4 is 17.3 Å². The highest BCUT2D eigenvalue weighted by atomic mass is 16.6. The van der Waals surface area contributed by atoms with E-state index in [0.29, 0.717) is 5.69 Å². The molecular weight excluding hydrogens is 446 g/mol. The van der Waals surface area contributed by atoms with Crippen LogP contribution in [0.4, 0.5) is 11.4 Å². The molecule has 3 aromatic rings. The molecule has 35 heavy (non-hydrogen) atoms. The number of nitrogens with one attached hydrogen (secondary N) is 1. The van der Waals surface area contributed by atoms with Crippen LogP contribution in [0, 0.1) is 17.0 Å². The number of fused-ring (bicyclic) bond motifs is 1. The van der Waals surface area contributed by atoms with Crippen molar-refractivity contribution in [2.24, 2.45) is 0 Å². The van der Waals surface area contributed by atoms with Gasteiger partial charge in [0.1, 0.15) is 5.56 Å². The predicted octanol–water partition coefficient (Wildman–Crippen LogP) is 4.77. The molecule has 0 unspecified atom stereocenters. The number of methoxy groups -OCH3 is 2. The predicted molar refractivity (Wildman–Crippen MR) is 134 cm³/mol. The average molecular weight is 476 g/mol. The van der Waals surface area contributed by atoms with E-state index in [9.17, 15) is 14.9 Å². The van der Waals surface area contributed by atoms with E-state index in [0.717, 1.165) is 49.5 Å². The average Bonchev–Trinajstić information content (AvgIpc) is 2.87. The Hall–Kier alpha value is -3.91. The van der Waals surface area contributed by atoms with Crippen molar-refractivity contribution in [3.63, 3.8) is 0 Å². The molecule has 8 nitrogen and oxygen atoms in total. The van der Waals surface area contributed by atoms with Gasteiger partial charge in [0.2, 0.25) is 0 Å². The number of benzene rings is 3. The summed E-state index contributed by atoms with van der Waals surface area (Å²) >= 11 is 0. The van der Waals surface area contributed by atoms with Crippen molar-refractivity contribution in [3.05, 3.63) is 92.5 Å². The summed E-state index contributed by atoms with van der Waals surface area (Å²) in [7, 11) is 3.31. The van der Waals surface area contributed by atoms with Crippen molar-refractivity contribution in [2.75, 3.05) is 32.6 Å². The number of rotatable bonds is 8. The number of hydrogen-bond acceptors (Lipinski definition) is 6. The van der Waals surface area contributed by atoms with Gasteiger partial charge in [-0.25, -0.2) is 0 Å². The number of ether oxygens (including phenoxy) is 2. The minimum Gasteiger partial charge on any atom is -0.493 e. The molecule has 0 fully saturated rings. The first-order valence-corrected chi connectivity index (χ1v) is 11.5. The summed E-state index contributed by atoms with van der Waals surface area (Å²) in [5.41, 5.74) is 5.12. The summed E-state index contributed by atoms with van der Waals surface area (Å²) in [6.45, 7) is 4.68. The highest BCUT2D eigenvalue weighted by molar-refractivity contribution is 6.07. The highest BCUT2D eigenvalue weighted by Crippen LogP contribution is 2.33. The van der Waals surface area contributed by atoms with E-state index in [1.54, 1.807) is 26.4 Å². The van der Waals surface area contributed by atoms with Gasteiger partial charge in [-0.2, -0.15) is 0 Å². The Bertz CT molecular complexity index is 1260. The summed E-state index contributed by atoms with van der Waals surface area (Å²) in [6.07, 6.45) is 1.84. The second kappa shape index (κ2) is 10.6. The number of nitro groups is 1. The Morgan fingerprint density at radius 1 is 1.06 bits per heavy atom. The van der Waals surface area contributed by atoms with Crippen LogP contribution in [0.25, 0.3) is 0 Å². The van der Waals surface area contributed by atoms with Gasteiger partial charge in [-0.05, 0) is 66.3 Å². The fourth-order valence-electron chi connectivity index (χ4n) is 4.46. The van der Waals surface area contributed by atoms with E-state index in [1.165, 1.54) is 28.8 Å². The standard InChI is InChI=1S/C27H29N3O5/c1-18-14-19(8-9-23(18)28-27(31)22-6-4-5-7-24(22)30(32)33)10-12-29-13-11-20-15-25(34-2)26(35-3)16-21(20)17-29/h4-9,14-16H,10-13,17H2,1-3H3,(H,28,31). The summed E-state index contributed by atoms with van der Waals surface area (Å²) in [5.74, 6) is 1.03. The first-order chi connectivity index (χ1) is 16.9. The summed E-state index contributed by atoms with van der Waals surface area (Å²) in [6, 6.07) is 16.0. The third-order valence-corrected chi connectivity index (χ3v) is 6.40. The van der Waals surface area contributed by atoms with E-state index in [1.807, 2.05) is 19.1 Å². The number of hydrogen-bond donors (Lipinski definition) is 1. The zero-order chi connectivity index (χ0) is 24.9. The first kappa shape index (κ1) is 24.2. The fourth-order valence-corrected chi connectivity index (χ4v) is 4.46. The molecule has 0 aromatic heterocycles. The van der Waals surface area contributed by atoms with Crippen molar-refractivity contribution in [3.8, 4) is 11.5 Å². The van der Waals surface area contributed by atoms with Crippen LogP contribution >= 0.6 is 0 Å². The molecule has 0 spiro atoms. The maximum Gasteiger partial charge on any atom is 0.282 e. The van der Waals surface area contributed by atoms with Crippen molar-refractivity contribution in [1.29, 1.82) is 0 Å². The van der Waals surface area contributed by atoms with Gasteiger partial charge >= 0.3 is 0 Å². The van der Waals surface area contributed by atoms with E-state index in [-0.39, 0.29) is 11.3 Å². The third kappa shape index (κ3) is 5.44. The van der Waals surface area contributed by atoms with E-state index in [4.69, 9.17) is 9.47 Å². The number of nitro benzene ring substituents is 1. The minimum atomic E-state index is -0.545. The van der Waals surface area contributed by atoms with E-state index < -0.39 is 10.8 Å². The Morgan fingerprint density at radius 2 is 1.77 bits per heavy atom. The molecule has 0 aliphatic carbocycles. The lowest BCUT2D eigenvalue weighted by Crippen LogP contribution is -2.32. The van der Waals surface area contributed by atoms with Crippen molar-refractivity contribution in [2.45, 2.75) is 26.3 Å². The topological polar surface area (TPSA) is 93.9 Å². The molecule has 0 saturated heterocycles. The number of carbonyl (C=O) groups excluding carboxylic acids is 1. The van der Waals surface area contributed by atoms with E-state index >= 15 is 0 Å². The molecule has 0 bridgehead atoms. The molecule has 0 radical (unpaired) electrons. The summed E-state index contributed by atoms with van der Waals surface area (Å²) < 4.78 is 10.9. The Labute approximate surface area is 204 Å². The Balaban J connectivity index is 1.39. The number of amides is 1. The molecule has 0 atom stereocenters. The Morgan fingerprint density at radius 3 is 2.46 bits per heavy atom. The maximum atomic E-state index is 12.7. The van der Waals surface area contributed by atoms with Gasteiger partial charge in [0, 0.05) is 31.4 Å². The third-order valence-electron chi connectivity index (χ3n) is 6.40. The van der Waals surface area contributed by atoms with Crippen LogP contribution in [0.1, 0.15) is 32.6 Å². The number of para-hydroxylation sites is 1. The SMILES string of the molecule is COc1cc2c(cc1OC)CN(CCc1ccc(NC(=O)c3ccccc3[N+](=O)[O-])c(C)c1)CC2. The lowest BCUT2D eigenvalue weighted by molar-refractivity contribution is -0.385. The second-order valence-corrected chi connectivity index (χ2v) is 8.63. The van der Waals surface area contributed by atoms with Crippen LogP contribution in [0.2, 0.25) is 0 Å². The van der Waals surface area contributed by atoms with Gasteiger partial charge in [-0.1, -0.05) is 24.3 Å². The molecule has 1 aliphatic heterocycles. The van der Waals surface area contributed by atoms with Gasteiger partial charge in [0.05, 0.1) is 19.1 Å². The van der Waals surface area contributed by atoms with Crippen LogP contribution in [0.15, 0.2) is 54.6 Å². The maximum absolute atomic E-state index is 12.7. The monoisotopic (exact) mass is 475 g/mol. The van der Waals surface area contributed by atoms with Crippen LogP contribution in [0.3, 0.4) is 0 Å². The van der Waals surface area contributed by atoms with Crippen LogP contribution < -0.4 is 14.8 Å². The number of nitrogens with zero attached hydrogens (tertiary/aromatic N) is 2. The molecule has 1 amide bonds. The second-order valence-electron chi connectivity index (χ2n) is 8.63. The normalized spacial score (nSPS) is 13.1. The molecule has 8 heteroatoms. The zero-order valence-corrected chi connectivity index (χ0v) is 20.2. The number of carbonyl (C=O) groups is 1. The molecule has 4 rings (SSSR count). The first-order valence-electron chi connectivity index (χ1n) is 11.5. The smallest absolute Gasteiger partial charge is 0.282 e. The lowest BCUT2D eigenvalue weighted by Gasteiger charge is -2.29. The van der Waals surface area contributed by atoms with Gasteiger partial charge < -0.3 is 14.8 Å². The zero-order valence-electron chi connectivity index (χ0n) is 20.2. The lowest BCUT2D eigenvalue weighted by atomic mass is 9.98. The molecule has 3 aromatic carbocycles. The molecule has 1 heterocycles. The van der Waals surface area contributed by atoms with Crippen LogP contribution in [-0.2, 0) is 19.4 Å². The highest BCUT2D eigenvalue weighted by Gasteiger charge is 2.21.